The molecule has 6 nitrogen and oxygen atoms in total. The van der Waals surface area contributed by atoms with E-state index in [1.807, 2.05) is 42.7 Å². The molecule has 0 saturated heterocycles. The van der Waals surface area contributed by atoms with Gasteiger partial charge in [0, 0.05) is 29.2 Å². The van der Waals surface area contributed by atoms with Gasteiger partial charge in [0.1, 0.15) is 0 Å². The van der Waals surface area contributed by atoms with Crippen LogP contribution in [0.15, 0.2) is 53.9 Å². The molecule has 0 saturated carbocycles. The van der Waals surface area contributed by atoms with Crippen molar-refractivity contribution in [2.45, 2.75) is 11.4 Å². The molecule has 0 spiro atoms. The third-order valence-corrected chi connectivity index (χ3v) is 4.06. The standard InChI is InChI=1S/C16H13N5OS/c1-23-16-19-15-13(20-21-16)11-4-2-3-5-12(11)18-14(22-15)10-6-8-17-9-7-10/h2-9,14,18H,1H3/t14-/m0/s1. The Kier molecular flexibility index (Phi) is 3.55. The Morgan fingerprint density at radius 1 is 1.09 bits per heavy atom. The molecule has 3 aromatic rings. The van der Waals surface area contributed by atoms with E-state index in [0.717, 1.165) is 16.8 Å². The minimum absolute atomic E-state index is 0.369. The summed E-state index contributed by atoms with van der Waals surface area (Å²) in [6, 6.07) is 11.7. The van der Waals surface area contributed by atoms with Crippen LogP contribution in [0.25, 0.3) is 11.3 Å². The van der Waals surface area contributed by atoms with Crippen molar-refractivity contribution in [1.82, 2.24) is 20.2 Å². The molecular formula is C16H13N5OS. The first kappa shape index (κ1) is 14.0. The lowest BCUT2D eigenvalue weighted by atomic mass is 10.1. The van der Waals surface area contributed by atoms with Gasteiger partial charge in [0.25, 0.3) is 0 Å². The van der Waals surface area contributed by atoms with Crippen LogP contribution in [-0.2, 0) is 0 Å². The predicted octanol–water partition coefficient (Wildman–Crippen LogP) is 3.16. The zero-order valence-corrected chi connectivity index (χ0v) is 13.1. The molecule has 114 valence electrons. The summed E-state index contributed by atoms with van der Waals surface area (Å²) in [5.41, 5.74) is 3.46. The lowest BCUT2D eigenvalue weighted by Gasteiger charge is -2.18. The minimum atomic E-state index is -0.369. The van der Waals surface area contributed by atoms with Gasteiger partial charge >= 0.3 is 0 Å². The third-order valence-electron chi connectivity index (χ3n) is 3.53. The van der Waals surface area contributed by atoms with Crippen LogP contribution in [0.3, 0.4) is 0 Å². The Bertz CT molecular complexity index is 843. The van der Waals surface area contributed by atoms with Crippen molar-refractivity contribution in [1.29, 1.82) is 0 Å². The van der Waals surface area contributed by atoms with Crippen molar-refractivity contribution in [2.24, 2.45) is 0 Å². The Balaban J connectivity index is 1.87. The second kappa shape index (κ2) is 5.85. The maximum Gasteiger partial charge on any atom is 0.247 e. The van der Waals surface area contributed by atoms with Crippen LogP contribution in [-0.4, -0.2) is 26.4 Å². The van der Waals surface area contributed by atoms with Gasteiger partial charge in [-0.15, -0.1) is 10.2 Å². The number of pyridine rings is 1. The summed E-state index contributed by atoms with van der Waals surface area (Å²) in [5.74, 6) is 0.476. The van der Waals surface area contributed by atoms with E-state index in [0.29, 0.717) is 16.7 Å². The molecule has 7 heteroatoms. The van der Waals surface area contributed by atoms with Crippen LogP contribution < -0.4 is 10.1 Å². The number of para-hydroxylation sites is 1. The highest BCUT2D eigenvalue weighted by atomic mass is 32.2. The van der Waals surface area contributed by atoms with Gasteiger partial charge in [-0.05, 0) is 24.5 Å². The van der Waals surface area contributed by atoms with Crippen LogP contribution >= 0.6 is 11.8 Å². The van der Waals surface area contributed by atoms with E-state index in [2.05, 4.69) is 25.5 Å². The maximum absolute atomic E-state index is 6.10. The van der Waals surface area contributed by atoms with E-state index in [9.17, 15) is 0 Å². The molecule has 0 fully saturated rings. The molecule has 4 rings (SSSR count). The number of nitrogens with zero attached hydrogens (tertiary/aromatic N) is 4. The number of ether oxygens (including phenoxy) is 1. The molecule has 0 aliphatic carbocycles. The minimum Gasteiger partial charge on any atom is -0.448 e. The fraction of sp³-hybridized carbons (Fsp3) is 0.125. The molecule has 1 N–H and O–H groups in total. The van der Waals surface area contributed by atoms with E-state index in [-0.39, 0.29) is 6.23 Å². The Hall–Kier alpha value is -2.67. The quantitative estimate of drug-likeness (QED) is 0.726. The van der Waals surface area contributed by atoms with Crippen molar-refractivity contribution in [3.63, 3.8) is 0 Å². The van der Waals surface area contributed by atoms with Crippen LogP contribution in [0.4, 0.5) is 5.69 Å². The lowest BCUT2D eigenvalue weighted by molar-refractivity contribution is 0.225. The summed E-state index contributed by atoms with van der Waals surface area (Å²) in [6.07, 6.45) is 5.02. The van der Waals surface area contributed by atoms with Gasteiger partial charge in [-0.2, -0.15) is 4.98 Å². The second-order valence-corrected chi connectivity index (χ2v) is 5.69. The number of thioether (sulfide) groups is 1. The lowest BCUT2D eigenvalue weighted by Crippen LogP contribution is -2.17. The molecule has 0 amide bonds. The number of hydrogen-bond acceptors (Lipinski definition) is 7. The van der Waals surface area contributed by atoms with Gasteiger partial charge in [-0.3, -0.25) is 4.98 Å². The molecule has 23 heavy (non-hydrogen) atoms. The summed E-state index contributed by atoms with van der Waals surface area (Å²) < 4.78 is 6.10. The highest BCUT2D eigenvalue weighted by molar-refractivity contribution is 7.98. The van der Waals surface area contributed by atoms with E-state index in [1.54, 1.807) is 12.4 Å². The highest BCUT2D eigenvalue weighted by Crippen LogP contribution is 2.39. The first-order chi connectivity index (χ1) is 11.3. The second-order valence-electron chi connectivity index (χ2n) is 4.92. The molecule has 3 heterocycles. The molecule has 1 atom stereocenters. The predicted molar refractivity (Wildman–Crippen MR) is 88.3 cm³/mol. The summed E-state index contributed by atoms with van der Waals surface area (Å²) in [5, 5.41) is 12.4. The zero-order chi connectivity index (χ0) is 15.6. The largest absolute Gasteiger partial charge is 0.448 e. The fourth-order valence-corrected chi connectivity index (χ4v) is 2.72. The smallest absolute Gasteiger partial charge is 0.247 e. The summed E-state index contributed by atoms with van der Waals surface area (Å²) in [6.45, 7) is 0. The number of fused-ring (bicyclic) bond motifs is 3. The van der Waals surface area contributed by atoms with Gasteiger partial charge < -0.3 is 10.1 Å². The summed E-state index contributed by atoms with van der Waals surface area (Å²) >= 11 is 1.43. The number of hydrogen-bond donors (Lipinski definition) is 1. The molecule has 0 unspecified atom stereocenters. The van der Waals surface area contributed by atoms with Gasteiger partial charge in [0.15, 0.2) is 11.9 Å². The van der Waals surface area contributed by atoms with Gasteiger partial charge in [-0.1, -0.05) is 30.0 Å². The number of aromatic nitrogens is 4. The van der Waals surface area contributed by atoms with Crippen molar-refractivity contribution >= 4 is 17.4 Å². The van der Waals surface area contributed by atoms with Crippen LogP contribution in [0.1, 0.15) is 11.8 Å². The van der Waals surface area contributed by atoms with E-state index < -0.39 is 0 Å². The normalized spacial score (nSPS) is 15.6. The number of rotatable bonds is 2. The maximum atomic E-state index is 6.10. The fourth-order valence-electron chi connectivity index (χ4n) is 2.42. The molecule has 1 aliphatic heterocycles. The number of benzene rings is 1. The van der Waals surface area contributed by atoms with Crippen molar-refractivity contribution in [3.05, 3.63) is 54.4 Å². The first-order valence-electron chi connectivity index (χ1n) is 7.06. The Morgan fingerprint density at radius 3 is 2.74 bits per heavy atom. The third kappa shape index (κ3) is 2.59. The summed E-state index contributed by atoms with van der Waals surface area (Å²) in [4.78, 5) is 8.53. The van der Waals surface area contributed by atoms with E-state index >= 15 is 0 Å². The average molecular weight is 323 g/mol. The van der Waals surface area contributed by atoms with Gasteiger partial charge in [0.05, 0.1) is 0 Å². The SMILES string of the molecule is CSc1nnc2c(n1)O[C@@H](c1ccncc1)Nc1ccccc1-2. The monoisotopic (exact) mass is 323 g/mol. The molecule has 2 aromatic heterocycles. The highest BCUT2D eigenvalue weighted by Gasteiger charge is 2.25. The van der Waals surface area contributed by atoms with Crippen molar-refractivity contribution in [2.75, 3.05) is 11.6 Å². The van der Waals surface area contributed by atoms with E-state index in [4.69, 9.17) is 4.74 Å². The molecular weight excluding hydrogens is 310 g/mol. The Morgan fingerprint density at radius 2 is 1.91 bits per heavy atom. The molecule has 0 radical (unpaired) electrons. The van der Waals surface area contributed by atoms with Crippen molar-refractivity contribution < 1.29 is 4.74 Å². The number of anilines is 1. The molecule has 1 aliphatic rings. The Labute approximate surface area is 137 Å². The van der Waals surface area contributed by atoms with Crippen LogP contribution in [0.5, 0.6) is 5.88 Å². The number of nitrogens with one attached hydrogen (secondary N) is 1. The van der Waals surface area contributed by atoms with Crippen LogP contribution in [0, 0.1) is 0 Å². The first-order valence-corrected chi connectivity index (χ1v) is 8.29. The zero-order valence-electron chi connectivity index (χ0n) is 12.3. The topological polar surface area (TPSA) is 72.8 Å². The van der Waals surface area contributed by atoms with Crippen LogP contribution in [0.2, 0.25) is 0 Å². The molecule has 0 bridgehead atoms. The average Bonchev–Trinajstić information content (AvgIpc) is 2.78. The van der Waals surface area contributed by atoms with Gasteiger partial charge in [-0.25, -0.2) is 0 Å². The van der Waals surface area contributed by atoms with Gasteiger partial charge in [0.2, 0.25) is 11.0 Å². The summed E-state index contributed by atoms with van der Waals surface area (Å²) in [7, 11) is 0. The van der Waals surface area contributed by atoms with E-state index in [1.165, 1.54) is 11.8 Å². The molecule has 1 aromatic carbocycles. The van der Waals surface area contributed by atoms with Crippen molar-refractivity contribution in [3.8, 4) is 17.1 Å².